The fourth-order valence-electron chi connectivity index (χ4n) is 4.02. The van der Waals surface area contributed by atoms with Crippen molar-refractivity contribution in [2.75, 3.05) is 36.5 Å². The van der Waals surface area contributed by atoms with Gasteiger partial charge >= 0.3 is 0 Å². The molecule has 2 aromatic heterocycles. The van der Waals surface area contributed by atoms with Gasteiger partial charge in [0.1, 0.15) is 11.1 Å². The van der Waals surface area contributed by atoms with Crippen LogP contribution in [0.15, 0.2) is 35.3 Å². The van der Waals surface area contributed by atoms with Crippen LogP contribution in [0.3, 0.4) is 0 Å². The number of aromatic nitrogens is 3. The minimum absolute atomic E-state index is 0.0718. The van der Waals surface area contributed by atoms with E-state index in [1.807, 2.05) is 18.2 Å². The normalized spacial score (nSPS) is 17.4. The van der Waals surface area contributed by atoms with Gasteiger partial charge in [0.05, 0.1) is 24.9 Å². The highest BCUT2D eigenvalue weighted by atomic mass is 35.5. The van der Waals surface area contributed by atoms with Crippen LogP contribution in [0, 0.1) is 5.92 Å². The van der Waals surface area contributed by atoms with Crippen LogP contribution in [-0.2, 0) is 11.8 Å². The molecule has 2 aliphatic rings. The Morgan fingerprint density at radius 1 is 1.22 bits per heavy atom. The Morgan fingerprint density at radius 3 is 2.72 bits per heavy atom. The fraction of sp³-hybridized carbons (Fsp3) is 0.435. The summed E-state index contributed by atoms with van der Waals surface area (Å²) in [5.41, 5.74) is 1.46. The maximum Gasteiger partial charge on any atom is 0.293 e. The van der Waals surface area contributed by atoms with E-state index in [4.69, 9.17) is 21.1 Å². The number of halogens is 1. The van der Waals surface area contributed by atoms with Gasteiger partial charge in [0.15, 0.2) is 11.6 Å². The lowest BCUT2D eigenvalue weighted by Crippen LogP contribution is -2.40. The summed E-state index contributed by atoms with van der Waals surface area (Å²) in [5.74, 6) is 2.30. The monoisotopic (exact) mass is 455 g/mol. The summed E-state index contributed by atoms with van der Waals surface area (Å²) >= 11 is 6.39. The molecule has 3 aromatic rings. The van der Waals surface area contributed by atoms with Gasteiger partial charge in [-0.3, -0.25) is 4.79 Å². The van der Waals surface area contributed by atoms with E-state index in [9.17, 15) is 4.79 Å². The Labute approximate surface area is 191 Å². The van der Waals surface area contributed by atoms with Crippen LogP contribution in [0.25, 0.3) is 10.9 Å². The quantitative estimate of drug-likeness (QED) is 0.627. The van der Waals surface area contributed by atoms with Crippen molar-refractivity contribution in [2.45, 2.75) is 25.9 Å². The predicted octanol–water partition coefficient (Wildman–Crippen LogP) is 3.74. The molecule has 32 heavy (non-hydrogen) atoms. The number of fused-ring (bicyclic) bond motifs is 1. The van der Waals surface area contributed by atoms with E-state index in [1.54, 1.807) is 23.9 Å². The first kappa shape index (κ1) is 21.0. The third kappa shape index (κ3) is 4.12. The lowest BCUT2D eigenvalue weighted by atomic mass is 10.00. The maximum atomic E-state index is 12.6. The molecular formula is C23H26ClN5O3. The average Bonchev–Trinajstić information content (AvgIpc) is 2.76. The molecule has 2 fully saturated rings. The molecule has 0 bridgehead atoms. The van der Waals surface area contributed by atoms with Crippen LogP contribution < -0.4 is 20.5 Å². The number of rotatable bonds is 5. The Morgan fingerprint density at radius 2 is 2.00 bits per heavy atom. The molecule has 1 aromatic carbocycles. The third-order valence-corrected chi connectivity index (χ3v) is 6.43. The van der Waals surface area contributed by atoms with Crippen molar-refractivity contribution in [1.29, 1.82) is 0 Å². The molecule has 1 N–H and O–H groups in total. The van der Waals surface area contributed by atoms with E-state index in [-0.39, 0.29) is 11.7 Å². The number of benzene rings is 1. The van der Waals surface area contributed by atoms with Gasteiger partial charge in [-0.2, -0.15) is 4.98 Å². The molecule has 9 heteroatoms. The number of nitrogens with zero attached hydrogens (tertiary/aromatic N) is 4. The van der Waals surface area contributed by atoms with Crippen LogP contribution in [0.2, 0.25) is 5.02 Å². The molecule has 0 unspecified atom stereocenters. The summed E-state index contributed by atoms with van der Waals surface area (Å²) in [7, 11) is 1.74. The van der Waals surface area contributed by atoms with Crippen LogP contribution in [-0.4, -0.2) is 46.9 Å². The molecule has 4 heterocycles. The van der Waals surface area contributed by atoms with Gasteiger partial charge in [-0.05, 0) is 43.0 Å². The van der Waals surface area contributed by atoms with Crippen LogP contribution in [0.5, 0.6) is 5.75 Å². The average molecular weight is 456 g/mol. The molecule has 0 atom stereocenters. The van der Waals surface area contributed by atoms with Gasteiger partial charge in [0, 0.05) is 31.2 Å². The number of hydrogen-bond donors (Lipinski definition) is 1. The molecule has 2 saturated heterocycles. The first-order valence-corrected chi connectivity index (χ1v) is 11.3. The molecule has 0 spiro atoms. The Balaban J connectivity index is 1.43. The SMILES string of the molecule is CC1CCN(c2ncc(Cl)c(Nc3ccc4c(c3)cc(OC3COC3)c(=O)n4C)n2)CC1. The summed E-state index contributed by atoms with van der Waals surface area (Å²) in [6, 6.07) is 7.54. The highest BCUT2D eigenvalue weighted by molar-refractivity contribution is 6.32. The second-order valence-electron chi connectivity index (χ2n) is 8.58. The standard InChI is InChI=1S/C23H26ClN5O3/c1-14-5-7-29(8-6-14)23-25-11-18(24)21(27-23)26-16-3-4-19-15(9-16)10-20(22(30)28(19)2)32-17-12-31-13-17/h3-4,9-11,14,17H,5-8,12-13H2,1-2H3,(H,25,26,27). The minimum atomic E-state index is -0.163. The van der Waals surface area contributed by atoms with Gasteiger partial charge in [0.2, 0.25) is 5.95 Å². The molecule has 5 rings (SSSR count). The summed E-state index contributed by atoms with van der Waals surface area (Å²) in [4.78, 5) is 23.9. The topological polar surface area (TPSA) is 81.5 Å². The largest absolute Gasteiger partial charge is 0.480 e. The molecule has 0 aliphatic carbocycles. The minimum Gasteiger partial charge on any atom is -0.480 e. The van der Waals surface area contributed by atoms with Crippen LogP contribution in [0.4, 0.5) is 17.5 Å². The van der Waals surface area contributed by atoms with Crippen molar-refractivity contribution < 1.29 is 9.47 Å². The first-order chi connectivity index (χ1) is 15.5. The van der Waals surface area contributed by atoms with Crippen molar-refractivity contribution in [2.24, 2.45) is 13.0 Å². The molecule has 0 saturated carbocycles. The van der Waals surface area contributed by atoms with Gasteiger partial charge < -0.3 is 24.3 Å². The second-order valence-corrected chi connectivity index (χ2v) is 8.99. The maximum absolute atomic E-state index is 12.6. The van der Waals surface area contributed by atoms with E-state index >= 15 is 0 Å². The summed E-state index contributed by atoms with van der Waals surface area (Å²) < 4.78 is 12.6. The fourth-order valence-corrected chi connectivity index (χ4v) is 4.16. The van der Waals surface area contributed by atoms with E-state index in [1.165, 1.54) is 0 Å². The van der Waals surface area contributed by atoms with Crippen molar-refractivity contribution in [3.8, 4) is 5.75 Å². The summed E-state index contributed by atoms with van der Waals surface area (Å²) in [6.45, 7) is 5.18. The van der Waals surface area contributed by atoms with Crippen LogP contribution in [0.1, 0.15) is 19.8 Å². The van der Waals surface area contributed by atoms with Crippen molar-refractivity contribution in [3.63, 3.8) is 0 Å². The van der Waals surface area contributed by atoms with E-state index < -0.39 is 0 Å². The lowest BCUT2D eigenvalue weighted by Gasteiger charge is -2.30. The highest BCUT2D eigenvalue weighted by Gasteiger charge is 2.22. The number of hydrogen-bond acceptors (Lipinski definition) is 7. The second kappa shape index (κ2) is 8.60. The number of piperidine rings is 1. The van der Waals surface area contributed by atoms with E-state index in [2.05, 4.69) is 27.1 Å². The molecule has 168 valence electrons. The van der Waals surface area contributed by atoms with Gasteiger partial charge in [0.25, 0.3) is 5.56 Å². The zero-order valence-corrected chi connectivity index (χ0v) is 18.9. The molecule has 8 nitrogen and oxygen atoms in total. The van der Waals surface area contributed by atoms with E-state index in [0.29, 0.717) is 35.8 Å². The Kier molecular flexibility index (Phi) is 5.65. The predicted molar refractivity (Wildman–Crippen MR) is 125 cm³/mol. The van der Waals surface area contributed by atoms with Gasteiger partial charge in [-0.15, -0.1) is 0 Å². The Hall–Kier alpha value is -2.84. The molecule has 2 aliphatic heterocycles. The summed E-state index contributed by atoms with van der Waals surface area (Å²) in [6.07, 6.45) is 3.84. The summed E-state index contributed by atoms with van der Waals surface area (Å²) in [5, 5.41) is 4.64. The first-order valence-electron chi connectivity index (χ1n) is 10.9. The van der Waals surface area contributed by atoms with Crippen molar-refractivity contribution >= 4 is 40.0 Å². The molecule has 0 radical (unpaired) electrons. The molecule has 0 amide bonds. The number of anilines is 3. The zero-order valence-electron chi connectivity index (χ0n) is 18.2. The molecular weight excluding hydrogens is 430 g/mol. The third-order valence-electron chi connectivity index (χ3n) is 6.15. The van der Waals surface area contributed by atoms with Crippen LogP contribution >= 0.6 is 11.6 Å². The highest BCUT2D eigenvalue weighted by Crippen LogP contribution is 2.29. The lowest BCUT2D eigenvalue weighted by molar-refractivity contribution is -0.0802. The number of aryl methyl sites for hydroxylation is 1. The zero-order chi connectivity index (χ0) is 22.2. The van der Waals surface area contributed by atoms with E-state index in [0.717, 1.165) is 48.4 Å². The smallest absolute Gasteiger partial charge is 0.293 e. The van der Waals surface area contributed by atoms with Crippen molar-refractivity contribution in [1.82, 2.24) is 14.5 Å². The van der Waals surface area contributed by atoms with Gasteiger partial charge in [-0.1, -0.05) is 18.5 Å². The Bertz CT molecular complexity index is 1200. The van der Waals surface area contributed by atoms with Crippen molar-refractivity contribution in [3.05, 3.63) is 45.8 Å². The van der Waals surface area contributed by atoms with Gasteiger partial charge in [-0.25, -0.2) is 4.98 Å². The number of nitrogens with one attached hydrogen (secondary N) is 1. The number of ether oxygens (including phenoxy) is 2. The number of pyridine rings is 1.